The van der Waals surface area contributed by atoms with E-state index < -0.39 is 0 Å². The van der Waals surface area contributed by atoms with Crippen molar-refractivity contribution in [1.82, 2.24) is 4.90 Å². The van der Waals surface area contributed by atoms with Crippen LogP contribution in [0.25, 0.3) is 0 Å². The summed E-state index contributed by atoms with van der Waals surface area (Å²) in [4.78, 5) is 31.1. The number of nitrogens with zero attached hydrogens (tertiary/aromatic N) is 2. The SMILES string of the molecule is CCN(Cc1cccc2c1OCCO2)C(=O)c1ccccc1SCC(=O)N1CCc2ccccc21. The smallest absolute Gasteiger partial charge is 0.255 e. The number of ether oxygens (including phenoxy) is 2. The van der Waals surface area contributed by atoms with Crippen molar-refractivity contribution in [3.63, 3.8) is 0 Å². The first kappa shape index (κ1) is 23.3. The van der Waals surface area contributed by atoms with E-state index in [1.165, 1.54) is 17.3 Å². The van der Waals surface area contributed by atoms with Crippen LogP contribution < -0.4 is 14.4 Å². The molecule has 2 amide bonds. The zero-order chi connectivity index (χ0) is 24.2. The van der Waals surface area contributed by atoms with E-state index in [0.717, 1.165) is 28.3 Å². The van der Waals surface area contributed by atoms with Crippen LogP contribution in [0.15, 0.2) is 71.6 Å². The summed E-state index contributed by atoms with van der Waals surface area (Å²) in [5.74, 6) is 1.70. The highest BCUT2D eigenvalue weighted by Crippen LogP contribution is 2.35. The number of fused-ring (bicyclic) bond motifs is 2. The molecule has 0 saturated carbocycles. The number of hydrogen-bond acceptors (Lipinski definition) is 5. The average molecular weight is 489 g/mol. The maximum Gasteiger partial charge on any atom is 0.255 e. The van der Waals surface area contributed by atoms with Crippen LogP contribution in [-0.2, 0) is 17.8 Å². The Kier molecular flexibility index (Phi) is 6.95. The molecule has 2 aliphatic heterocycles. The second kappa shape index (κ2) is 10.4. The molecule has 0 saturated heterocycles. The first-order valence-electron chi connectivity index (χ1n) is 11.9. The quantitative estimate of drug-likeness (QED) is 0.447. The largest absolute Gasteiger partial charge is 0.486 e. The lowest BCUT2D eigenvalue weighted by Gasteiger charge is -2.26. The molecule has 2 aliphatic rings. The Bertz CT molecular complexity index is 1250. The summed E-state index contributed by atoms with van der Waals surface area (Å²) in [6, 6.07) is 21.3. The zero-order valence-corrected chi connectivity index (χ0v) is 20.6. The highest BCUT2D eigenvalue weighted by molar-refractivity contribution is 8.00. The maximum absolute atomic E-state index is 13.6. The number of thioether (sulfide) groups is 1. The lowest BCUT2D eigenvalue weighted by atomic mass is 10.1. The van der Waals surface area contributed by atoms with Crippen molar-refractivity contribution in [3.8, 4) is 11.5 Å². The van der Waals surface area contributed by atoms with Gasteiger partial charge < -0.3 is 19.3 Å². The highest BCUT2D eigenvalue weighted by atomic mass is 32.2. The Morgan fingerprint density at radius 1 is 0.971 bits per heavy atom. The van der Waals surface area contributed by atoms with Gasteiger partial charge in [0.25, 0.3) is 5.91 Å². The van der Waals surface area contributed by atoms with Gasteiger partial charge in [-0.15, -0.1) is 11.8 Å². The van der Waals surface area contributed by atoms with Gasteiger partial charge in [-0.2, -0.15) is 0 Å². The first-order chi connectivity index (χ1) is 17.2. The van der Waals surface area contributed by atoms with Gasteiger partial charge in [0, 0.05) is 35.8 Å². The minimum atomic E-state index is -0.0658. The first-order valence-corrected chi connectivity index (χ1v) is 12.9. The molecular formula is C28H28N2O4S. The molecule has 0 radical (unpaired) electrons. The van der Waals surface area contributed by atoms with E-state index in [1.807, 2.05) is 72.5 Å². The topological polar surface area (TPSA) is 59.1 Å². The van der Waals surface area contributed by atoms with E-state index >= 15 is 0 Å². The number of amides is 2. The van der Waals surface area contributed by atoms with Crippen LogP contribution in [-0.4, -0.2) is 48.8 Å². The van der Waals surface area contributed by atoms with Crippen LogP contribution >= 0.6 is 11.8 Å². The van der Waals surface area contributed by atoms with Gasteiger partial charge in [0.1, 0.15) is 13.2 Å². The van der Waals surface area contributed by atoms with Crippen LogP contribution in [0, 0.1) is 0 Å². The van der Waals surface area contributed by atoms with Gasteiger partial charge in [-0.3, -0.25) is 9.59 Å². The molecule has 0 unspecified atom stereocenters. The van der Waals surface area contributed by atoms with Crippen LogP contribution in [0.3, 0.4) is 0 Å². The molecular weight excluding hydrogens is 460 g/mol. The molecule has 0 aliphatic carbocycles. The summed E-state index contributed by atoms with van der Waals surface area (Å²) < 4.78 is 11.5. The van der Waals surface area contributed by atoms with Gasteiger partial charge in [0.15, 0.2) is 11.5 Å². The van der Waals surface area contributed by atoms with Crippen molar-refractivity contribution >= 4 is 29.3 Å². The van der Waals surface area contributed by atoms with Gasteiger partial charge in [-0.05, 0) is 43.2 Å². The average Bonchev–Trinajstić information content (AvgIpc) is 3.34. The standard InChI is InChI=1S/C28H28N2O4S/c1-2-29(18-21-9-7-12-24-27(21)34-17-16-33-24)28(32)22-10-4-6-13-25(22)35-19-26(31)30-15-14-20-8-3-5-11-23(20)30/h3-13H,2,14-19H2,1H3. The highest BCUT2D eigenvalue weighted by Gasteiger charge is 2.26. The van der Waals surface area contributed by atoms with Crippen molar-refractivity contribution < 1.29 is 19.1 Å². The molecule has 0 N–H and O–H groups in total. The molecule has 0 aromatic heterocycles. The fraction of sp³-hybridized carbons (Fsp3) is 0.286. The third-order valence-corrected chi connectivity index (χ3v) is 7.39. The predicted molar refractivity (Wildman–Crippen MR) is 138 cm³/mol. The second-order valence-electron chi connectivity index (χ2n) is 8.47. The van der Waals surface area contributed by atoms with Crippen LogP contribution in [0.2, 0.25) is 0 Å². The Hall–Kier alpha value is -3.45. The number of carbonyl (C=O) groups excluding carboxylic acids is 2. The van der Waals surface area contributed by atoms with Crippen molar-refractivity contribution in [2.45, 2.75) is 24.8 Å². The Morgan fingerprint density at radius 3 is 2.66 bits per heavy atom. The minimum Gasteiger partial charge on any atom is -0.486 e. The molecule has 0 fully saturated rings. The molecule has 35 heavy (non-hydrogen) atoms. The molecule has 5 rings (SSSR count). The van der Waals surface area contributed by atoms with E-state index in [-0.39, 0.29) is 17.6 Å². The monoisotopic (exact) mass is 488 g/mol. The van der Waals surface area contributed by atoms with Crippen molar-refractivity contribution in [1.29, 1.82) is 0 Å². The van der Waals surface area contributed by atoms with E-state index in [2.05, 4.69) is 6.07 Å². The molecule has 3 aromatic carbocycles. The summed E-state index contributed by atoms with van der Waals surface area (Å²) in [6.45, 7) is 4.67. The molecule has 3 aromatic rings. The van der Waals surface area contributed by atoms with E-state index in [9.17, 15) is 9.59 Å². The lowest BCUT2D eigenvalue weighted by molar-refractivity contribution is -0.116. The summed E-state index contributed by atoms with van der Waals surface area (Å²) in [5.41, 5.74) is 3.73. The van der Waals surface area contributed by atoms with E-state index in [0.29, 0.717) is 44.2 Å². The molecule has 0 spiro atoms. The molecule has 180 valence electrons. The zero-order valence-electron chi connectivity index (χ0n) is 19.7. The van der Waals surface area contributed by atoms with Gasteiger partial charge in [-0.25, -0.2) is 0 Å². The number of carbonyl (C=O) groups is 2. The summed E-state index contributed by atoms with van der Waals surface area (Å²) in [5, 5.41) is 0. The third kappa shape index (κ3) is 4.86. The third-order valence-electron chi connectivity index (χ3n) is 6.33. The minimum absolute atomic E-state index is 0.0580. The van der Waals surface area contributed by atoms with Gasteiger partial charge in [0.2, 0.25) is 5.91 Å². The lowest BCUT2D eigenvalue weighted by Crippen LogP contribution is -2.32. The molecule has 2 heterocycles. The molecule has 0 atom stereocenters. The Morgan fingerprint density at radius 2 is 1.77 bits per heavy atom. The normalized spacial score (nSPS) is 13.9. The predicted octanol–water partition coefficient (Wildman–Crippen LogP) is 4.80. The number of anilines is 1. The Labute approximate surface area is 209 Å². The van der Waals surface area contributed by atoms with Crippen LogP contribution in [0.1, 0.15) is 28.4 Å². The summed E-state index contributed by atoms with van der Waals surface area (Å²) >= 11 is 1.42. The van der Waals surface area contributed by atoms with Gasteiger partial charge in [-0.1, -0.05) is 42.5 Å². The van der Waals surface area contributed by atoms with Gasteiger partial charge in [0.05, 0.1) is 11.3 Å². The molecule has 7 heteroatoms. The number of para-hydroxylation sites is 2. The molecule has 6 nitrogen and oxygen atoms in total. The fourth-order valence-corrected chi connectivity index (χ4v) is 5.47. The van der Waals surface area contributed by atoms with Crippen molar-refractivity contribution in [3.05, 3.63) is 83.4 Å². The van der Waals surface area contributed by atoms with Crippen molar-refractivity contribution in [2.75, 3.05) is 37.0 Å². The number of hydrogen-bond donors (Lipinski definition) is 0. The fourth-order valence-electron chi connectivity index (χ4n) is 4.55. The maximum atomic E-state index is 13.6. The van der Waals surface area contributed by atoms with Gasteiger partial charge >= 0.3 is 0 Å². The molecule has 0 bridgehead atoms. The van der Waals surface area contributed by atoms with Crippen LogP contribution in [0.5, 0.6) is 11.5 Å². The van der Waals surface area contributed by atoms with Crippen LogP contribution in [0.4, 0.5) is 5.69 Å². The summed E-state index contributed by atoms with van der Waals surface area (Å²) in [6.07, 6.45) is 0.880. The summed E-state index contributed by atoms with van der Waals surface area (Å²) in [7, 11) is 0. The van der Waals surface area contributed by atoms with Crippen molar-refractivity contribution in [2.24, 2.45) is 0 Å². The van der Waals surface area contributed by atoms with E-state index in [4.69, 9.17) is 9.47 Å². The second-order valence-corrected chi connectivity index (χ2v) is 9.49. The van der Waals surface area contributed by atoms with E-state index in [1.54, 1.807) is 4.90 Å². The Balaban J connectivity index is 1.30. The number of benzene rings is 3. The number of rotatable bonds is 7.